The summed E-state index contributed by atoms with van der Waals surface area (Å²) in [4.78, 5) is 16.0. The molecule has 0 aliphatic rings. The van der Waals surface area contributed by atoms with Crippen molar-refractivity contribution in [2.75, 3.05) is 7.11 Å². The minimum atomic E-state index is -4.22. The van der Waals surface area contributed by atoms with Gasteiger partial charge in [-0.2, -0.15) is 0 Å². The number of imidazole rings is 1. The molecule has 2 aromatic carbocycles. The summed E-state index contributed by atoms with van der Waals surface area (Å²) in [6, 6.07) is 12.9. The Morgan fingerprint density at radius 3 is 2.32 bits per heavy atom. The maximum absolute atomic E-state index is 12.8. The number of hydrogen-bond donors (Lipinski definition) is 0. The molecule has 0 radical (unpaired) electrons. The molecular weight excluding hydrogens is 477 g/mol. The number of carbonyl (C=O) groups is 1. The van der Waals surface area contributed by atoms with Crippen molar-refractivity contribution in [1.82, 2.24) is 9.55 Å². The van der Waals surface area contributed by atoms with E-state index in [0.29, 0.717) is 12.1 Å². The second-order valence-corrected chi connectivity index (χ2v) is 10.5. The van der Waals surface area contributed by atoms with Crippen LogP contribution < -0.4 is 51.4 Å². The Bertz CT molecular complexity index is 1230. The fraction of sp³-hybridized carbons (Fsp3) is 0.360. The molecule has 9 heteroatoms. The molecule has 0 fully saturated rings. The second-order valence-electron chi connectivity index (χ2n) is 8.94. The van der Waals surface area contributed by atoms with Gasteiger partial charge in [0.15, 0.2) is 0 Å². The third-order valence-corrected chi connectivity index (χ3v) is 6.54. The number of amides is 1. The van der Waals surface area contributed by atoms with Crippen molar-refractivity contribution >= 4 is 16.1 Å². The number of ether oxygens (including phenoxy) is 1. The summed E-state index contributed by atoms with van der Waals surface area (Å²) < 4.78 is 35.4. The van der Waals surface area contributed by atoms with Crippen molar-refractivity contribution in [2.45, 2.75) is 57.4 Å². The van der Waals surface area contributed by atoms with Crippen molar-refractivity contribution in [2.24, 2.45) is 0 Å². The van der Waals surface area contributed by atoms with E-state index in [1.807, 2.05) is 36.5 Å². The number of nitrogens with zero attached hydrogens (tertiary/aromatic N) is 3. The van der Waals surface area contributed by atoms with E-state index in [1.165, 1.54) is 6.07 Å². The molecule has 1 amide bonds. The second kappa shape index (κ2) is 12.0. The zero-order valence-electron chi connectivity index (χ0n) is 20.7. The number of hydrogen-bond acceptors (Lipinski definition) is 5. The van der Waals surface area contributed by atoms with Gasteiger partial charge in [-0.15, -0.1) is 0 Å². The quantitative estimate of drug-likeness (QED) is 0.459. The third kappa shape index (κ3) is 7.02. The molecule has 3 rings (SSSR count). The molecule has 0 aliphatic carbocycles. The Kier molecular flexibility index (Phi) is 10.1. The molecule has 7 nitrogen and oxygen atoms in total. The van der Waals surface area contributed by atoms with Gasteiger partial charge in [-0.3, -0.25) is 4.79 Å². The van der Waals surface area contributed by atoms with Crippen LogP contribution in [0.5, 0.6) is 0 Å². The number of benzene rings is 2. The van der Waals surface area contributed by atoms with Gasteiger partial charge in [-0.05, 0) is 40.8 Å². The van der Waals surface area contributed by atoms with E-state index in [9.17, 15) is 13.2 Å². The summed E-state index contributed by atoms with van der Waals surface area (Å²) in [5.74, 6) is 0.997. The van der Waals surface area contributed by atoms with Gasteiger partial charge in [0.2, 0.25) is 6.09 Å². The Morgan fingerprint density at radius 2 is 1.74 bits per heavy atom. The topological polar surface area (TPSA) is 92.4 Å². The van der Waals surface area contributed by atoms with Gasteiger partial charge < -0.3 is 14.0 Å². The molecule has 176 valence electrons. The van der Waals surface area contributed by atoms with Crippen molar-refractivity contribution in [3.63, 3.8) is 0 Å². The smallest absolute Gasteiger partial charge is 0.506 e. The van der Waals surface area contributed by atoms with Crippen LogP contribution in [0, 0.1) is 0 Å². The first-order valence-corrected chi connectivity index (χ1v) is 12.3. The fourth-order valence-corrected chi connectivity index (χ4v) is 4.79. The predicted octanol–water partition coefficient (Wildman–Crippen LogP) is 2.68. The largest absolute Gasteiger partial charge is 1.00 e. The zero-order valence-corrected chi connectivity index (χ0v) is 24.6. The molecule has 0 atom stereocenters. The Hall–Kier alpha value is -1.49. The van der Waals surface area contributed by atoms with E-state index < -0.39 is 16.1 Å². The minimum absolute atomic E-state index is 0. The fourth-order valence-electron chi connectivity index (χ4n) is 3.72. The maximum atomic E-state index is 12.8. The molecular formula is C25H30KN3O4S. The molecule has 0 spiro atoms. The van der Waals surface area contributed by atoms with E-state index >= 15 is 0 Å². The van der Waals surface area contributed by atoms with Crippen LogP contribution in [-0.4, -0.2) is 31.2 Å². The van der Waals surface area contributed by atoms with Crippen LogP contribution in [0.25, 0.3) is 15.8 Å². The van der Waals surface area contributed by atoms with Crippen LogP contribution in [0.15, 0.2) is 59.8 Å². The monoisotopic (exact) mass is 507 g/mol. The van der Waals surface area contributed by atoms with Crippen LogP contribution in [0.2, 0.25) is 0 Å². The van der Waals surface area contributed by atoms with Crippen molar-refractivity contribution < 1.29 is 69.3 Å². The van der Waals surface area contributed by atoms with Gasteiger partial charge in [0.05, 0.1) is 12.0 Å². The Labute approximate surface area is 244 Å². The molecule has 0 saturated carbocycles. The molecule has 0 bridgehead atoms. The van der Waals surface area contributed by atoms with Gasteiger partial charge >= 0.3 is 51.4 Å². The van der Waals surface area contributed by atoms with Crippen molar-refractivity contribution in [1.29, 1.82) is 0 Å². The van der Waals surface area contributed by atoms with Gasteiger partial charge in [-0.25, -0.2) is 13.4 Å². The number of aromatic nitrogens is 2. The van der Waals surface area contributed by atoms with E-state index in [-0.39, 0.29) is 61.7 Å². The van der Waals surface area contributed by atoms with Gasteiger partial charge in [0, 0.05) is 24.4 Å². The summed E-state index contributed by atoms with van der Waals surface area (Å²) in [5.41, 5.74) is 3.25. The van der Waals surface area contributed by atoms with Crippen LogP contribution in [0.4, 0.5) is 4.79 Å². The molecule has 0 aliphatic heterocycles. The molecule has 0 N–H and O–H groups in total. The van der Waals surface area contributed by atoms with Crippen molar-refractivity contribution in [3.8, 4) is 11.1 Å². The summed E-state index contributed by atoms with van der Waals surface area (Å²) in [6.07, 6.45) is 4.36. The van der Waals surface area contributed by atoms with E-state index in [2.05, 4.69) is 46.7 Å². The third-order valence-electron chi connectivity index (χ3n) is 5.23. The number of sulfonamides is 1. The van der Waals surface area contributed by atoms with Crippen molar-refractivity contribution in [3.05, 3.63) is 76.5 Å². The molecule has 0 unspecified atom stereocenters. The number of rotatable bonds is 7. The first kappa shape index (κ1) is 28.7. The Balaban J connectivity index is 0.00000408. The summed E-state index contributed by atoms with van der Waals surface area (Å²) in [6.45, 7) is 9.10. The predicted molar refractivity (Wildman–Crippen MR) is 129 cm³/mol. The average molecular weight is 508 g/mol. The number of carbonyl (C=O) groups excluding carboxylic acids is 1. The standard InChI is InChI=1S/C25H31N3O4S.K/c1-6-7-18-10-13-22(33(30,31)27-24(29)32-5)21(16-18)20-11-8-19(9-12-20)17-28-15-14-26-23(28)25(2,3)4;/h8-16H,6-7,17H2,1-5H3,(H,27,29);/q;+1/p-1. The summed E-state index contributed by atoms with van der Waals surface area (Å²) in [7, 11) is -3.12. The van der Waals surface area contributed by atoms with Crippen LogP contribution in [0.1, 0.15) is 51.1 Å². The first-order valence-electron chi connectivity index (χ1n) is 10.8. The Morgan fingerprint density at radius 1 is 1.09 bits per heavy atom. The van der Waals surface area contributed by atoms with E-state index in [1.54, 1.807) is 12.3 Å². The normalized spacial score (nSPS) is 11.6. The van der Waals surface area contributed by atoms with Crippen LogP contribution in [-0.2, 0) is 33.1 Å². The number of aryl methyl sites for hydroxylation is 1. The SMILES string of the molecule is CCCc1ccc(S(=O)(=O)[N-]C(=O)OC)c(-c2ccc(Cn3ccnc3C(C)(C)C)cc2)c1.[K+]. The minimum Gasteiger partial charge on any atom is -0.506 e. The van der Waals surface area contributed by atoms with Gasteiger partial charge in [0.25, 0.3) is 0 Å². The van der Waals surface area contributed by atoms with Gasteiger partial charge in [0.1, 0.15) is 15.8 Å². The maximum Gasteiger partial charge on any atom is 1.00 e. The van der Waals surface area contributed by atoms with E-state index in [0.717, 1.165) is 42.5 Å². The number of methoxy groups -OCH3 is 1. The molecule has 34 heavy (non-hydrogen) atoms. The molecule has 1 aromatic heterocycles. The summed E-state index contributed by atoms with van der Waals surface area (Å²) in [5, 5.41) is 0. The average Bonchev–Trinajstić information content (AvgIpc) is 3.23. The summed E-state index contributed by atoms with van der Waals surface area (Å²) >= 11 is 0. The molecule has 1 heterocycles. The molecule has 3 aromatic rings. The first-order chi connectivity index (χ1) is 15.5. The van der Waals surface area contributed by atoms with Crippen LogP contribution >= 0.6 is 0 Å². The van der Waals surface area contributed by atoms with Crippen LogP contribution in [0.3, 0.4) is 0 Å². The van der Waals surface area contributed by atoms with E-state index in [4.69, 9.17) is 0 Å². The van der Waals surface area contributed by atoms with Gasteiger partial charge in [-0.1, -0.05) is 64.4 Å². The zero-order chi connectivity index (χ0) is 24.2. The molecule has 0 saturated heterocycles.